The van der Waals surface area contributed by atoms with Crippen molar-refractivity contribution in [2.45, 2.75) is 48.9 Å². The van der Waals surface area contributed by atoms with Gasteiger partial charge in [0, 0.05) is 12.1 Å². The Morgan fingerprint density at radius 1 is 1.00 bits per heavy atom. The number of hydrogen-bond donors (Lipinski definition) is 3. The van der Waals surface area contributed by atoms with Crippen LogP contribution in [0.4, 0.5) is 32.0 Å². The van der Waals surface area contributed by atoms with Crippen LogP contribution < -0.4 is 4.31 Å². The van der Waals surface area contributed by atoms with Gasteiger partial charge in [0.15, 0.2) is 0 Å². The van der Waals surface area contributed by atoms with Crippen LogP contribution in [0.3, 0.4) is 0 Å². The van der Waals surface area contributed by atoms with Gasteiger partial charge in [-0.2, -0.15) is 26.3 Å². The third-order valence-corrected chi connectivity index (χ3v) is 7.51. The molecule has 0 saturated heterocycles. The molecular formula is C17H19F6NO3S. The van der Waals surface area contributed by atoms with Crippen molar-refractivity contribution in [1.82, 2.24) is 0 Å². The van der Waals surface area contributed by atoms with Crippen LogP contribution in [0.1, 0.15) is 30.4 Å². The molecule has 1 aromatic rings. The molecule has 1 aliphatic carbocycles. The zero-order valence-corrected chi connectivity index (χ0v) is 15.3. The molecular weight excluding hydrogens is 412 g/mol. The van der Waals surface area contributed by atoms with Crippen molar-refractivity contribution in [3.05, 3.63) is 41.5 Å². The van der Waals surface area contributed by atoms with E-state index >= 15 is 0 Å². The fraction of sp³-hybridized carbons (Fsp3) is 0.529. The molecule has 0 spiro atoms. The molecule has 0 radical (unpaired) electrons. The zero-order valence-electron chi connectivity index (χ0n) is 14.5. The van der Waals surface area contributed by atoms with Gasteiger partial charge in [0.1, 0.15) is 0 Å². The molecule has 4 nitrogen and oxygen atoms in total. The largest absolute Gasteiger partial charge is 0.430 e. The van der Waals surface area contributed by atoms with Gasteiger partial charge in [0.25, 0.3) is 5.60 Å². The summed E-state index contributed by atoms with van der Waals surface area (Å²) >= 11 is 0. The number of fused-ring (bicyclic) bond motifs is 1. The van der Waals surface area contributed by atoms with Gasteiger partial charge in [-0.1, -0.05) is 24.3 Å². The number of aliphatic hydroxyl groups is 1. The highest BCUT2D eigenvalue weighted by molar-refractivity contribution is 8.26. The summed E-state index contributed by atoms with van der Waals surface area (Å²) in [6, 6.07) is 2.16. The topological polar surface area (TPSA) is 63.9 Å². The van der Waals surface area contributed by atoms with E-state index in [1.807, 2.05) is 12.2 Å². The summed E-state index contributed by atoms with van der Waals surface area (Å²) in [5.41, 5.74) is -6.08. The van der Waals surface area contributed by atoms with Gasteiger partial charge in [-0.25, -0.2) is 0 Å². The molecule has 0 amide bonds. The molecule has 0 aromatic heterocycles. The molecule has 1 aromatic carbocycles. The Morgan fingerprint density at radius 3 is 2.18 bits per heavy atom. The van der Waals surface area contributed by atoms with Gasteiger partial charge < -0.3 is 5.11 Å². The highest BCUT2D eigenvalue weighted by atomic mass is 32.3. The molecule has 28 heavy (non-hydrogen) atoms. The summed E-state index contributed by atoms with van der Waals surface area (Å²) < 4.78 is 101. The third kappa shape index (κ3) is 3.27. The van der Waals surface area contributed by atoms with Gasteiger partial charge in [0.05, 0.1) is 10.9 Å². The third-order valence-electron chi connectivity index (χ3n) is 5.16. The summed E-state index contributed by atoms with van der Waals surface area (Å²) in [5, 5.41) is 9.08. The lowest BCUT2D eigenvalue weighted by atomic mass is 9.90. The van der Waals surface area contributed by atoms with Crippen LogP contribution in [0, 0.1) is 0 Å². The summed E-state index contributed by atoms with van der Waals surface area (Å²) in [4.78, 5) is 0. The highest BCUT2D eigenvalue weighted by Crippen LogP contribution is 2.57. The molecule has 2 aliphatic rings. The molecule has 1 aliphatic heterocycles. The van der Waals surface area contributed by atoms with Crippen molar-refractivity contribution >= 4 is 16.5 Å². The van der Waals surface area contributed by atoms with Crippen molar-refractivity contribution in [2.24, 2.45) is 0 Å². The minimum Gasteiger partial charge on any atom is -0.369 e. The normalized spacial score (nSPS) is 21.8. The summed E-state index contributed by atoms with van der Waals surface area (Å²) in [6.07, 6.45) is -6.57. The zero-order chi connectivity index (χ0) is 21.0. The molecule has 1 unspecified atom stereocenters. The molecule has 0 bridgehead atoms. The van der Waals surface area contributed by atoms with Gasteiger partial charge in [-0.15, -0.1) is 10.8 Å². The van der Waals surface area contributed by atoms with Gasteiger partial charge in [-0.3, -0.25) is 13.4 Å². The first-order chi connectivity index (χ1) is 12.8. The fourth-order valence-electron chi connectivity index (χ4n) is 3.60. The number of anilines is 1. The number of nitrogens with zero attached hydrogens (tertiary/aromatic N) is 1. The lowest BCUT2D eigenvalue weighted by molar-refractivity contribution is -0.376. The molecule has 158 valence electrons. The number of allylic oxidation sites excluding steroid dienone is 2. The van der Waals surface area contributed by atoms with Crippen LogP contribution in [0.15, 0.2) is 30.4 Å². The first kappa shape index (κ1) is 21.3. The fourth-order valence-corrected chi connectivity index (χ4v) is 5.61. The summed E-state index contributed by atoms with van der Waals surface area (Å²) in [5.74, 6) is 0. The van der Waals surface area contributed by atoms with E-state index in [1.165, 1.54) is 4.31 Å². The predicted octanol–water partition coefficient (Wildman–Crippen LogP) is 5.14. The van der Waals surface area contributed by atoms with E-state index in [9.17, 15) is 40.6 Å². The Kier molecular flexibility index (Phi) is 5.19. The van der Waals surface area contributed by atoms with E-state index in [-0.39, 0.29) is 24.2 Å². The van der Waals surface area contributed by atoms with Crippen molar-refractivity contribution in [2.75, 3.05) is 10.8 Å². The minimum absolute atomic E-state index is 0.0351. The Hall–Kier alpha value is -1.43. The Morgan fingerprint density at radius 2 is 1.64 bits per heavy atom. The first-order valence-electron chi connectivity index (χ1n) is 8.49. The minimum atomic E-state index is -5.96. The lowest BCUT2D eigenvalue weighted by Crippen LogP contribution is -2.53. The lowest BCUT2D eigenvalue weighted by Gasteiger charge is -2.48. The average Bonchev–Trinajstić information content (AvgIpc) is 3.03. The van der Waals surface area contributed by atoms with E-state index in [1.54, 1.807) is 0 Å². The quantitative estimate of drug-likeness (QED) is 0.458. The monoisotopic (exact) mass is 431 g/mol. The van der Waals surface area contributed by atoms with Crippen molar-refractivity contribution in [3.63, 3.8) is 0 Å². The number of rotatable bonds is 3. The average molecular weight is 431 g/mol. The number of benzene rings is 1. The number of hydrogen-bond acceptors (Lipinski definition) is 4. The van der Waals surface area contributed by atoms with Crippen LogP contribution in [-0.4, -0.2) is 38.4 Å². The van der Waals surface area contributed by atoms with E-state index in [2.05, 4.69) is 0 Å². The number of alkyl halides is 6. The Balaban J connectivity index is 1.98. The van der Waals surface area contributed by atoms with Gasteiger partial charge in [0.2, 0.25) is 0 Å². The van der Waals surface area contributed by atoms with E-state index in [0.717, 1.165) is 6.07 Å². The maximum atomic E-state index is 13.1. The maximum absolute atomic E-state index is 13.1. The van der Waals surface area contributed by atoms with E-state index in [4.69, 9.17) is 0 Å². The van der Waals surface area contributed by atoms with Crippen LogP contribution in [0.5, 0.6) is 0 Å². The second kappa shape index (κ2) is 6.82. The first-order valence-corrected chi connectivity index (χ1v) is 10.1. The van der Waals surface area contributed by atoms with Crippen LogP contribution in [-0.2, 0) is 12.0 Å². The Bertz CT molecular complexity index is 763. The van der Waals surface area contributed by atoms with Crippen LogP contribution in [0.2, 0.25) is 0 Å². The molecule has 11 heteroatoms. The molecule has 1 heterocycles. The van der Waals surface area contributed by atoms with Crippen molar-refractivity contribution < 1.29 is 40.6 Å². The SMILES string of the molecule is OC(c1ccc2c(c1)CCN2S(O)(O)C1CC=CCC1)(C(F)(F)F)C(F)(F)F. The highest BCUT2D eigenvalue weighted by Gasteiger charge is 2.71. The second-order valence-corrected chi connectivity index (χ2v) is 9.10. The van der Waals surface area contributed by atoms with Crippen LogP contribution in [0.25, 0.3) is 0 Å². The molecule has 3 rings (SSSR count). The van der Waals surface area contributed by atoms with E-state index in [0.29, 0.717) is 31.4 Å². The number of halogens is 6. The second-order valence-electron chi connectivity index (χ2n) is 6.87. The van der Waals surface area contributed by atoms with Crippen molar-refractivity contribution in [3.8, 4) is 0 Å². The smallest absolute Gasteiger partial charge is 0.369 e. The van der Waals surface area contributed by atoms with Gasteiger partial charge >= 0.3 is 12.4 Å². The summed E-state index contributed by atoms with van der Waals surface area (Å²) in [6.45, 7) is 0.0534. The standard InChI is InChI=1S/C17H19F6NO3S/c18-16(19,20)15(25,17(21,22)23)12-6-7-14-11(10-12)8-9-24(14)28(26,27)13-4-2-1-3-5-13/h1-2,6-7,10,13,25-27H,3-5,8-9H2. The molecule has 0 fully saturated rings. The summed E-state index contributed by atoms with van der Waals surface area (Å²) in [7, 11) is -3.31. The molecule has 1 atom stereocenters. The maximum Gasteiger partial charge on any atom is 0.430 e. The Labute approximate surface area is 158 Å². The molecule has 0 saturated carbocycles. The van der Waals surface area contributed by atoms with Gasteiger partial charge in [-0.05, 0) is 37.3 Å². The van der Waals surface area contributed by atoms with E-state index < -0.39 is 39.5 Å². The van der Waals surface area contributed by atoms with Crippen molar-refractivity contribution in [1.29, 1.82) is 0 Å². The molecule has 3 N–H and O–H groups in total. The van der Waals surface area contributed by atoms with Crippen LogP contribution >= 0.6 is 10.8 Å². The predicted molar refractivity (Wildman–Crippen MR) is 93.1 cm³/mol.